The van der Waals surface area contributed by atoms with Crippen LogP contribution >= 0.6 is 11.6 Å². The molecule has 32 heavy (non-hydrogen) atoms. The van der Waals surface area contributed by atoms with Crippen LogP contribution in [0.4, 0.5) is 5.69 Å². The van der Waals surface area contributed by atoms with Crippen LogP contribution in [0.2, 0.25) is 5.02 Å². The van der Waals surface area contributed by atoms with Crippen LogP contribution in [0, 0.1) is 0 Å². The number of ether oxygens (including phenoxy) is 2. The molecule has 0 bridgehead atoms. The molecule has 0 radical (unpaired) electrons. The molecule has 0 saturated heterocycles. The second-order valence-electron chi connectivity index (χ2n) is 6.81. The number of para-hydroxylation sites is 1. The Bertz CT molecular complexity index is 1200. The van der Waals surface area contributed by atoms with E-state index in [1.807, 2.05) is 12.1 Å². The zero-order valence-electron chi connectivity index (χ0n) is 17.6. The third-order valence-corrected chi connectivity index (χ3v) is 6.52. The Hall–Kier alpha value is -3.23. The van der Waals surface area contributed by atoms with Crippen molar-refractivity contribution in [2.45, 2.75) is 11.3 Å². The van der Waals surface area contributed by atoms with Gasteiger partial charge in [-0.15, -0.1) is 0 Å². The van der Waals surface area contributed by atoms with E-state index < -0.39 is 15.9 Å². The van der Waals surface area contributed by atoms with Gasteiger partial charge in [0.2, 0.25) is 0 Å². The quantitative estimate of drug-likeness (QED) is 0.486. The predicted molar refractivity (Wildman–Crippen MR) is 124 cm³/mol. The Morgan fingerprint density at radius 3 is 2.34 bits per heavy atom. The van der Waals surface area contributed by atoms with Crippen molar-refractivity contribution in [3.05, 3.63) is 82.9 Å². The molecule has 0 aliphatic rings. The first-order valence-electron chi connectivity index (χ1n) is 9.70. The Morgan fingerprint density at radius 2 is 1.66 bits per heavy atom. The van der Waals surface area contributed by atoms with E-state index in [0.717, 1.165) is 5.56 Å². The monoisotopic (exact) mass is 474 g/mol. The molecule has 0 fully saturated rings. The minimum atomic E-state index is -3.97. The highest BCUT2D eigenvalue weighted by atomic mass is 35.5. The molecular weight excluding hydrogens is 452 g/mol. The molecule has 9 heteroatoms. The summed E-state index contributed by atoms with van der Waals surface area (Å²) in [4.78, 5) is 12.4. The molecule has 0 aromatic heterocycles. The third kappa shape index (κ3) is 5.72. The number of sulfonamides is 1. The van der Waals surface area contributed by atoms with Crippen LogP contribution in [0.25, 0.3) is 0 Å². The molecule has 0 unspecified atom stereocenters. The lowest BCUT2D eigenvalue weighted by Gasteiger charge is -2.12. The standard InChI is InChI=1S/C23H23ClN2O5S/c1-30-20-11-8-16(14-21(20)31-2)12-13-25-23(27)17-9-10-19(24)22(15-17)32(28,29)26-18-6-4-3-5-7-18/h3-11,14-15,26H,12-13H2,1-2H3,(H,25,27). The zero-order valence-corrected chi connectivity index (χ0v) is 19.2. The van der Waals surface area contributed by atoms with Gasteiger partial charge in [-0.2, -0.15) is 0 Å². The Morgan fingerprint density at radius 1 is 0.938 bits per heavy atom. The van der Waals surface area contributed by atoms with Crippen molar-refractivity contribution in [3.8, 4) is 11.5 Å². The average molecular weight is 475 g/mol. The molecule has 1 amide bonds. The zero-order chi connectivity index (χ0) is 23.1. The second-order valence-corrected chi connectivity index (χ2v) is 8.87. The van der Waals surface area contributed by atoms with E-state index in [1.54, 1.807) is 50.6 Å². The summed E-state index contributed by atoms with van der Waals surface area (Å²) in [7, 11) is -0.845. The number of hydrogen-bond acceptors (Lipinski definition) is 5. The molecule has 0 heterocycles. The maximum atomic E-state index is 12.8. The third-order valence-electron chi connectivity index (χ3n) is 4.66. The maximum Gasteiger partial charge on any atom is 0.263 e. The van der Waals surface area contributed by atoms with Gasteiger partial charge in [0.05, 0.1) is 19.2 Å². The Kier molecular flexibility index (Phi) is 7.61. The van der Waals surface area contributed by atoms with Gasteiger partial charge in [0, 0.05) is 17.8 Å². The topological polar surface area (TPSA) is 93.7 Å². The fraction of sp³-hybridized carbons (Fsp3) is 0.174. The average Bonchev–Trinajstić information content (AvgIpc) is 2.79. The highest BCUT2D eigenvalue weighted by Gasteiger charge is 2.20. The molecule has 2 N–H and O–H groups in total. The van der Waals surface area contributed by atoms with Crippen molar-refractivity contribution >= 4 is 33.2 Å². The molecule has 7 nitrogen and oxygen atoms in total. The maximum absolute atomic E-state index is 12.8. The van der Waals surface area contributed by atoms with Crippen molar-refractivity contribution < 1.29 is 22.7 Å². The van der Waals surface area contributed by atoms with Gasteiger partial charge in [-0.25, -0.2) is 8.42 Å². The van der Waals surface area contributed by atoms with Gasteiger partial charge < -0.3 is 14.8 Å². The Labute approximate surface area is 192 Å². The number of halogens is 1. The fourth-order valence-corrected chi connectivity index (χ4v) is 4.61. The van der Waals surface area contributed by atoms with Gasteiger partial charge >= 0.3 is 0 Å². The predicted octanol–water partition coefficient (Wildman–Crippen LogP) is 4.13. The smallest absolute Gasteiger partial charge is 0.263 e. The Balaban J connectivity index is 1.69. The normalized spacial score (nSPS) is 11.0. The number of carbonyl (C=O) groups excluding carboxylic acids is 1. The highest BCUT2D eigenvalue weighted by molar-refractivity contribution is 7.92. The minimum absolute atomic E-state index is 0.0234. The molecule has 3 aromatic carbocycles. The van der Waals surface area contributed by atoms with E-state index in [2.05, 4.69) is 10.0 Å². The summed E-state index contributed by atoms with van der Waals surface area (Å²) in [5, 5.41) is 2.82. The van der Waals surface area contributed by atoms with Gasteiger partial charge in [0.1, 0.15) is 4.90 Å². The first kappa shape index (κ1) is 23.4. The summed E-state index contributed by atoms with van der Waals surface area (Å²) in [6.07, 6.45) is 0.556. The minimum Gasteiger partial charge on any atom is -0.493 e. The first-order chi connectivity index (χ1) is 15.3. The van der Waals surface area contributed by atoms with Gasteiger partial charge in [-0.05, 0) is 54.4 Å². The van der Waals surface area contributed by atoms with Crippen LogP contribution in [-0.2, 0) is 16.4 Å². The largest absolute Gasteiger partial charge is 0.493 e. The van der Waals surface area contributed by atoms with Crippen LogP contribution < -0.4 is 19.5 Å². The molecule has 0 aliphatic heterocycles. The molecule has 0 spiro atoms. The van der Waals surface area contributed by atoms with Crippen molar-refractivity contribution in [3.63, 3.8) is 0 Å². The van der Waals surface area contributed by atoms with Crippen LogP contribution in [-0.4, -0.2) is 35.1 Å². The molecule has 0 saturated carbocycles. The van der Waals surface area contributed by atoms with E-state index in [4.69, 9.17) is 21.1 Å². The van der Waals surface area contributed by atoms with E-state index in [0.29, 0.717) is 30.2 Å². The summed E-state index contributed by atoms with van der Waals surface area (Å²) >= 11 is 6.12. The fourth-order valence-electron chi connectivity index (χ4n) is 3.03. The summed E-state index contributed by atoms with van der Waals surface area (Å²) in [5.74, 6) is 0.826. The van der Waals surface area contributed by atoms with Crippen molar-refractivity contribution in [2.24, 2.45) is 0 Å². The lowest BCUT2D eigenvalue weighted by atomic mass is 10.1. The number of anilines is 1. The number of benzene rings is 3. The molecule has 3 rings (SSSR count). The van der Waals surface area contributed by atoms with Gasteiger partial charge in [0.15, 0.2) is 11.5 Å². The summed E-state index contributed by atoms with van der Waals surface area (Å²) in [6.45, 7) is 0.349. The number of rotatable bonds is 9. The molecule has 168 valence electrons. The van der Waals surface area contributed by atoms with Gasteiger partial charge in [-0.1, -0.05) is 35.9 Å². The molecule has 0 aliphatic carbocycles. The van der Waals surface area contributed by atoms with Crippen LogP contribution in [0.15, 0.2) is 71.6 Å². The van der Waals surface area contributed by atoms with Crippen LogP contribution in [0.5, 0.6) is 11.5 Å². The van der Waals surface area contributed by atoms with Gasteiger partial charge in [-0.3, -0.25) is 9.52 Å². The van der Waals surface area contributed by atoms with Crippen LogP contribution in [0.1, 0.15) is 15.9 Å². The second kappa shape index (κ2) is 10.4. The lowest BCUT2D eigenvalue weighted by Crippen LogP contribution is -2.26. The van der Waals surface area contributed by atoms with Crippen molar-refractivity contribution in [1.82, 2.24) is 5.32 Å². The van der Waals surface area contributed by atoms with Crippen molar-refractivity contribution in [2.75, 3.05) is 25.5 Å². The number of nitrogens with one attached hydrogen (secondary N) is 2. The summed E-state index contributed by atoms with van der Waals surface area (Å²) in [6, 6.07) is 18.1. The highest BCUT2D eigenvalue weighted by Crippen LogP contribution is 2.28. The number of carbonyl (C=O) groups is 1. The summed E-state index contributed by atoms with van der Waals surface area (Å²) < 4.78 is 38.5. The van der Waals surface area contributed by atoms with Crippen LogP contribution in [0.3, 0.4) is 0 Å². The summed E-state index contributed by atoms with van der Waals surface area (Å²) in [5.41, 5.74) is 1.54. The number of amides is 1. The van der Waals surface area contributed by atoms with Crippen molar-refractivity contribution in [1.29, 1.82) is 0 Å². The molecule has 3 aromatic rings. The molecular formula is C23H23ClN2O5S. The lowest BCUT2D eigenvalue weighted by molar-refractivity contribution is 0.0954. The van der Waals surface area contributed by atoms with E-state index in [9.17, 15) is 13.2 Å². The first-order valence-corrected chi connectivity index (χ1v) is 11.6. The van der Waals surface area contributed by atoms with E-state index >= 15 is 0 Å². The SMILES string of the molecule is COc1ccc(CCNC(=O)c2ccc(Cl)c(S(=O)(=O)Nc3ccccc3)c2)cc1OC. The van der Waals surface area contributed by atoms with E-state index in [1.165, 1.54) is 18.2 Å². The number of hydrogen-bond donors (Lipinski definition) is 2. The number of methoxy groups -OCH3 is 2. The van der Waals surface area contributed by atoms with E-state index in [-0.39, 0.29) is 15.5 Å². The van der Waals surface area contributed by atoms with Gasteiger partial charge in [0.25, 0.3) is 15.9 Å². The molecule has 0 atom stereocenters.